The van der Waals surface area contributed by atoms with Crippen molar-refractivity contribution in [2.75, 3.05) is 0 Å². The molecule has 1 unspecified atom stereocenters. The predicted octanol–water partition coefficient (Wildman–Crippen LogP) is 2.84. The van der Waals surface area contributed by atoms with E-state index in [0.29, 0.717) is 5.92 Å². The Morgan fingerprint density at radius 2 is 2.00 bits per heavy atom. The van der Waals surface area contributed by atoms with Crippen molar-refractivity contribution in [1.29, 1.82) is 0 Å². The molecule has 114 valence electrons. The Morgan fingerprint density at radius 3 is 2.50 bits per heavy atom. The predicted molar refractivity (Wildman–Crippen MR) is 68.9 cm³/mol. The molecule has 7 heteroatoms. The van der Waals surface area contributed by atoms with Gasteiger partial charge in [0.1, 0.15) is 6.54 Å². The van der Waals surface area contributed by atoms with E-state index in [1.807, 2.05) is 6.92 Å². The monoisotopic (exact) mass is 291 g/mol. The number of alkyl halides is 3. The molecular weight excluding hydrogens is 271 g/mol. The maximum Gasteiger partial charge on any atom is 0.435 e. The zero-order valence-electron chi connectivity index (χ0n) is 11.9. The van der Waals surface area contributed by atoms with Crippen LogP contribution in [0, 0.1) is 5.92 Å². The fourth-order valence-corrected chi connectivity index (χ4v) is 1.72. The highest BCUT2D eigenvalue weighted by Crippen LogP contribution is 2.27. The molecule has 0 saturated heterocycles. The Labute approximate surface area is 116 Å². The fraction of sp³-hybridized carbons (Fsp3) is 0.692. The number of nitrogens with one attached hydrogen (secondary N) is 1. The van der Waals surface area contributed by atoms with E-state index in [1.165, 1.54) is 0 Å². The van der Waals surface area contributed by atoms with Crippen LogP contribution < -0.4 is 5.32 Å². The summed E-state index contributed by atoms with van der Waals surface area (Å²) in [7, 11) is 0. The van der Waals surface area contributed by atoms with Crippen molar-refractivity contribution in [3.8, 4) is 0 Å². The molecule has 1 rings (SSSR count). The van der Waals surface area contributed by atoms with Crippen LogP contribution in [0.1, 0.15) is 39.3 Å². The van der Waals surface area contributed by atoms with Crippen LogP contribution in [0.15, 0.2) is 12.3 Å². The van der Waals surface area contributed by atoms with Gasteiger partial charge in [0.05, 0.1) is 0 Å². The molecule has 0 saturated carbocycles. The average molecular weight is 291 g/mol. The minimum atomic E-state index is -4.48. The van der Waals surface area contributed by atoms with Crippen LogP contribution in [-0.4, -0.2) is 21.7 Å². The highest BCUT2D eigenvalue weighted by molar-refractivity contribution is 5.75. The van der Waals surface area contributed by atoms with E-state index in [9.17, 15) is 18.0 Å². The Morgan fingerprint density at radius 1 is 1.35 bits per heavy atom. The number of hydrogen-bond donors (Lipinski definition) is 1. The molecule has 4 nitrogen and oxygen atoms in total. The third kappa shape index (κ3) is 5.63. The van der Waals surface area contributed by atoms with Gasteiger partial charge < -0.3 is 5.32 Å². The number of hydrogen-bond acceptors (Lipinski definition) is 2. The Hall–Kier alpha value is -1.53. The lowest BCUT2D eigenvalue weighted by atomic mass is 10.0. The van der Waals surface area contributed by atoms with Gasteiger partial charge in [-0.05, 0) is 31.7 Å². The quantitative estimate of drug-likeness (QED) is 0.876. The number of rotatable bonds is 6. The molecule has 20 heavy (non-hydrogen) atoms. The van der Waals surface area contributed by atoms with Gasteiger partial charge in [-0.15, -0.1) is 0 Å². The minimum absolute atomic E-state index is 0.00236. The largest absolute Gasteiger partial charge is 0.435 e. The zero-order valence-corrected chi connectivity index (χ0v) is 11.9. The summed E-state index contributed by atoms with van der Waals surface area (Å²) < 4.78 is 38.0. The van der Waals surface area contributed by atoms with Crippen molar-refractivity contribution >= 4 is 5.91 Å². The van der Waals surface area contributed by atoms with Crippen LogP contribution in [-0.2, 0) is 17.5 Å². The van der Waals surface area contributed by atoms with Gasteiger partial charge in [0.2, 0.25) is 5.91 Å². The molecule has 0 radical (unpaired) electrons. The summed E-state index contributed by atoms with van der Waals surface area (Å²) in [4.78, 5) is 11.7. The van der Waals surface area contributed by atoms with Gasteiger partial charge in [-0.2, -0.15) is 18.3 Å². The molecule has 0 aliphatic rings. The highest BCUT2D eigenvalue weighted by atomic mass is 19.4. The Bertz CT molecular complexity index is 440. The zero-order chi connectivity index (χ0) is 15.3. The third-order valence-electron chi connectivity index (χ3n) is 2.82. The van der Waals surface area contributed by atoms with Crippen molar-refractivity contribution in [3.05, 3.63) is 18.0 Å². The average Bonchev–Trinajstić information content (AvgIpc) is 2.74. The normalized spacial score (nSPS) is 13.6. The van der Waals surface area contributed by atoms with E-state index >= 15 is 0 Å². The van der Waals surface area contributed by atoms with Gasteiger partial charge in [0.25, 0.3) is 0 Å². The van der Waals surface area contributed by atoms with Crippen LogP contribution in [0.2, 0.25) is 0 Å². The molecule has 1 atom stereocenters. The van der Waals surface area contributed by atoms with E-state index in [4.69, 9.17) is 0 Å². The lowest BCUT2D eigenvalue weighted by molar-refractivity contribution is -0.141. The fourth-order valence-electron chi connectivity index (χ4n) is 1.72. The Kier molecular flexibility index (Phi) is 5.59. The summed E-state index contributed by atoms with van der Waals surface area (Å²) in [6.07, 6.45) is -1.49. The van der Waals surface area contributed by atoms with E-state index in [1.54, 1.807) is 0 Å². The molecule has 0 fully saturated rings. The molecule has 1 heterocycles. The van der Waals surface area contributed by atoms with Crippen LogP contribution in [0.3, 0.4) is 0 Å². The second kappa shape index (κ2) is 6.76. The molecule has 1 aromatic rings. The van der Waals surface area contributed by atoms with Crippen molar-refractivity contribution in [3.63, 3.8) is 0 Å². The molecular formula is C13H20F3N3O. The molecule has 1 N–H and O–H groups in total. The van der Waals surface area contributed by atoms with Crippen LogP contribution in [0.5, 0.6) is 0 Å². The smallest absolute Gasteiger partial charge is 0.352 e. The first-order valence-corrected chi connectivity index (χ1v) is 6.58. The summed E-state index contributed by atoms with van der Waals surface area (Å²) in [6, 6.07) is 0.859. The first kappa shape index (κ1) is 16.5. The summed E-state index contributed by atoms with van der Waals surface area (Å²) in [5, 5.41) is 6.08. The van der Waals surface area contributed by atoms with Gasteiger partial charge >= 0.3 is 6.18 Å². The van der Waals surface area contributed by atoms with Gasteiger partial charge in [-0.3, -0.25) is 9.48 Å². The number of carbonyl (C=O) groups excluding carboxylic acids is 1. The van der Waals surface area contributed by atoms with Crippen LogP contribution in [0.25, 0.3) is 0 Å². The second-order valence-electron chi connectivity index (χ2n) is 5.34. The maximum atomic E-state index is 12.3. The number of halogens is 3. The van der Waals surface area contributed by atoms with E-state index in [-0.39, 0.29) is 18.5 Å². The lowest BCUT2D eigenvalue weighted by Crippen LogP contribution is -2.35. The first-order chi connectivity index (χ1) is 9.18. The van der Waals surface area contributed by atoms with Crippen molar-refractivity contribution < 1.29 is 18.0 Å². The summed E-state index contributed by atoms with van der Waals surface area (Å²) >= 11 is 0. The first-order valence-electron chi connectivity index (χ1n) is 6.58. The molecule has 1 amide bonds. The third-order valence-corrected chi connectivity index (χ3v) is 2.82. The molecule has 0 bridgehead atoms. The van der Waals surface area contributed by atoms with Crippen molar-refractivity contribution in [1.82, 2.24) is 15.1 Å². The van der Waals surface area contributed by atoms with E-state index in [2.05, 4.69) is 24.3 Å². The summed E-state index contributed by atoms with van der Waals surface area (Å²) in [5.74, 6) is 0.216. The lowest BCUT2D eigenvalue weighted by Gasteiger charge is -2.15. The van der Waals surface area contributed by atoms with Crippen LogP contribution in [0.4, 0.5) is 13.2 Å². The number of nitrogens with zero attached hydrogens (tertiary/aromatic N) is 2. The van der Waals surface area contributed by atoms with E-state index < -0.39 is 11.9 Å². The second-order valence-corrected chi connectivity index (χ2v) is 5.34. The molecule has 0 spiro atoms. The van der Waals surface area contributed by atoms with Crippen molar-refractivity contribution in [2.45, 2.75) is 52.4 Å². The van der Waals surface area contributed by atoms with Gasteiger partial charge in [-0.1, -0.05) is 13.8 Å². The molecule has 0 aromatic carbocycles. The van der Waals surface area contributed by atoms with E-state index in [0.717, 1.165) is 29.8 Å². The SMILES string of the molecule is CC(C)CCC(C)NC(=O)Cn1ccc(C(F)(F)F)n1. The van der Waals surface area contributed by atoms with Crippen molar-refractivity contribution in [2.24, 2.45) is 5.92 Å². The summed E-state index contributed by atoms with van der Waals surface area (Å²) in [6.45, 7) is 5.86. The van der Waals surface area contributed by atoms with Gasteiger partial charge in [-0.25, -0.2) is 0 Å². The number of amides is 1. The molecule has 1 aromatic heterocycles. The van der Waals surface area contributed by atoms with Gasteiger partial charge in [0, 0.05) is 12.2 Å². The summed E-state index contributed by atoms with van der Waals surface area (Å²) in [5.41, 5.74) is -0.988. The standard InChI is InChI=1S/C13H20F3N3O/c1-9(2)4-5-10(3)17-12(20)8-19-7-6-11(18-19)13(14,15)16/h6-7,9-10H,4-5,8H2,1-3H3,(H,17,20). The molecule has 0 aliphatic carbocycles. The maximum absolute atomic E-state index is 12.3. The topological polar surface area (TPSA) is 46.9 Å². The highest BCUT2D eigenvalue weighted by Gasteiger charge is 2.33. The van der Waals surface area contributed by atoms with Gasteiger partial charge in [0.15, 0.2) is 5.69 Å². The Balaban J connectivity index is 2.44. The number of aromatic nitrogens is 2. The minimum Gasteiger partial charge on any atom is -0.352 e. The van der Waals surface area contributed by atoms with Crippen LogP contribution >= 0.6 is 0 Å². The molecule has 0 aliphatic heterocycles. The number of carbonyl (C=O) groups is 1.